The van der Waals surface area contributed by atoms with Gasteiger partial charge in [0.15, 0.2) is 0 Å². The molecule has 0 bridgehead atoms. The van der Waals surface area contributed by atoms with E-state index in [0.717, 1.165) is 11.3 Å². The monoisotopic (exact) mass is 348 g/mol. The lowest BCUT2D eigenvalue weighted by atomic mass is 10.2. The molecular formula is C20H20N4O2. The molecule has 6 nitrogen and oxygen atoms in total. The maximum atomic E-state index is 12.8. The summed E-state index contributed by atoms with van der Waals surface area (Å²) in [5.41, 5.74) is 2.93. The first-order chi connectivity index (χ1) is 12.6. The molecule has 2 aromatic heterocycles. The van der Waals surface area contributed by atoms with E-state index in [1.807, 2.05) is 59.9 Å². The largest absolute Gasteiger partial charge is 0.335 e. The van der Waals surface area contributed by atoms with Crippen molar-refractivity contribution < 1.29 is 9.59 Å². The standard InChI is InChI=1S/C20H20N4O2/c1-15-6-5-9-18-21-17(14-24(15)18)20(26)23-12-10-22(11-13-23)19(25)16-7-3-2-4-8-16/h2-9,14H,10-13H2,1H3. The summed E-state index contributed by atoms with van der Waals surface area (Å²) < 4.78 is 1.92. The molecule has 2 amide bonds. The van der Waals surface area contributed by atoms with Crippen molar-refractivity contribution in [2.24, 2.45) is 0 Å². The maximum absolute atomic E-state index is 12.8. The second-order valence-electron chi connectivity index (χ2n) is 6.47. The Morgan fingerprint density at radius 1 is 0.846 bits per heavy atom. The topological polar surface area (TPSA) is 57.9 Å². The normalized spacial score (nSPS) is 14.7. The predicted molar refractivity (Wildman–Crippen MR) is 98.2 cm³/mol. The van der Waals surface area contributed by atoms with Gasteiger partial charge in [-0.05, 0) is 31.2 Å². The summed E-state index contributed by atoms with van der Waals surface area (Å²) in [4.78, 5) is 33.3. The molecule has 3 heterocycles. The number of hydrogen-bond acceptors (Lipinski definition) is 3. The second-order valence-corrected chi connectivity index (χ2v) is 6.47. The summed E-state index contributed by atoms with van der Waals surface area (Å²) in [6.45, 7) is 4.09. The number of rotatable bonds is 2. The Kier molecular flexibility index (Phi) is 4.16. The average molecular weight is 348 g/mol. The van der Waals surface area contributed by atoms with Crippen LogP contribution in [0.4, 0.5) is 0 Å². The number of aryl methyl sites for hydroxylation is 1. The minimum Gasteiger partial charge on any atom is -0.335 e. The Hall–Kier alpha value is -3.15. The highest BCUT2D eigenvalue weighted by Gasteiger charge is 2.26. The first-order valence-electron chi connectivity index (χ1n) is 8.72. The minimum atomic E-state index is -0.0834. The van der Waals surface area contributed by atoms with Crippen molar-refractivity contribution in [3.63, 3.8) is 0 Å². The number of fused-ring (bicyclic) bond motifs is 1. The van der Waals surface area contributed by atoms with Gasteiger partial charge in [-0.25, -0.2) is 4.98 Å². The van der Waals surface area contributed by atoms with Gasteiger partial charge in [-0.15, -0.1) is 0 Å². The number of pyridine rings is 1. The SMILES string of the molecule is Cc1cccc2nc(C(=O)N3CCN(C(=O)c4ccccc4)CC3)cn12. The van der Waals surface area contributed by atoms with Crippen LogP contribution in [0.15, 0.2) is 54.7 Å². The van der Waals surface area contributed by atoms with E-state index in [9.17, 15) is 9.59 Å². The number of carbonyl (C=O) groups is 2. The van der Waals surface area contributed by atoms with Crippen molar-refractivity contribution in [3.8, 4) is 0 Å². The van der Waals surface area contributed by atoms with Gasteiger partial charge in [0.1, 0.15) is 11.3 Å². The quantitative estimate of drug-likeness (QED) is 0.714. The van der Waals surface area contributed by atoms with Crippen LogP contribution in [0.1, 0.15) is 26.5 Å². The molecule has 0 aliphatic carbocycles. The van der Waals surface area contributed by atoms with Crippen LogP contribution in [0.2, 0.25) is 0 Å². The van der Waals surface area contributed by atoms with Crippen LogP contribution in [0.3, 0.4) is 0 Å². The molecule has 1 fully saturated rings. The molecule has 132 valence electrons. The van der Waals surface area contributed by atoms with Crippen molar-refractivity contribution >= 4 is 17.5 Å². The molecule has 0 saturated carbocycles. The zero-order valence-corrected chi connectivity index (χ0v) is 14.6. The van der Waals surface area contributed by atoms with Gasteiger partial charge in [0.05, 0.1) is 0 Å². The smallest absolute Gasteiger partial charge is 0.274 e. The fraction of sp³-hybridized carbons (Fsp3) is 0.250. The fourth-order valence-electron chi connectivity index (χ4n) is 3.29. The van der Waals surface area contributed by atoms with Gasteiger partial charge in [0, 0.05) is 43.6 Å². The van der Waals surface area contributed by atoms with Crippen LogP contribution in [-0.4, -0.2) is 57.2 Å². The summed E-state index contributed by atoms with van der Waals surface area (Å²) in [6, 6.07) is 15.1. The number of amides is 2. The van der Waals surface area contributed by atoms with Crippen LogP contribution < -0.4 is 0 Å². The maximum Gasteiger partial charge on any atom is 0.274 e. The lowest BCUT2D eigenvalue weighted by Gasteiger charge is -2.34. The number of carbonyl (C=O) groups excluding carboxylic acids is 2. The molecule has 4 rings (SSSR count). The van der Waals surface area contributed by atoms with E-state index in [1.54, 1.807) is 16.0 Å². The van der Waals surface area contributed by atoms with E-state index in [1.165, 1.54) is 0 Å². The molecule has 3 aromatic rings. The highest BCUT2D eigenvalue weighted by Crippen LogP contribution is 2.13. The summed E-state index contributed by atoms with van der Waals surface area (Å²) in [6.07, 6.45) is 1.79. The second kappa shape index (κ2) is 6.63. The number of hydrogen-bond donors (Lipinski definition) is 0. The van der Waals surface area contributed by atoms with Gasteiger partial charge in [-0.3, -0.25) is 9.59 Å². The molecule has 26 heavy (non-hydrogen) atoms. The minimum absolute atomic E-state index is 0.0149. The highest BCUT2D eigenvalue weighted by molar-refractivity contribution is 5.95. The van der Waals surface area contributed by atoms with Gasteiger partial charge >= 0.3 is 0 Å². The van der Waals surface area contributed by atoms with Gasteiger partial charge in [-0.1, -0.05) is 24.3 Å². The predicted octanol–water partition coefficient (Wildman–Crippen LogP) is 2.24. The Morgan fingerprint density at radius 3 is 2.15 bits per heavy atom. The van der Waals surface area contributed by atoms with Crippen molar-refractivity contribution in [2.45, 2.75) is 6.92 Å². The van der Waals surface area contributed by atoms with Gasteiger partial charge in [-0.2, -0.15) is 0 Å². The van der Waals surface area contributed by atoms with Crippen LogP contribution in [-0.2, 0) is 0 Å². The number of benzene rings is 1. The number of nitrogens with zero attached hydrogens (tertiary/aromatic N) is 4. The van der Waals surface area contributed by atoms with E-state index < -0.39 is 0 Å². The highest BCUT2D eigenvalue weighted by atomic mass is 16.2. The first kappa shape index (κ1) is 16.3. The molecule has 0 radical (unpaired) electrons. The molecular weight excluding hydrogens is 328 g/mol. The van der Waals surface area contributed by atoms with Crippen LogP contribution >= 0.6 is 0 Å². The molecule has 0 unspecified atom stereocenters. The third-order valence-electron chi connectivity index (χ3n) is 4.79. The zero-order valence-electron chi connectivity index (χ0n) is 14.6. The zero-order chi connectivity index (χ0) is 18.1. The van der Waals surface area contributed by atoms with Crippen molar-refractivity contribution in [2.75, 3.05) is 26.2 Å². The number of imidazole rings is 1. The van der Waals surface area contributed by atoms with E-state index in [4.69, 9.17) is 0 Å². The number of piperazine rings is 1. The van der Waals surface area contributed by atoms with Gasteiger partial charge in [0.2, 0.25) is 0 Å². The van der Waals surface area contributed by atoms with E-state index in [-0.39, 0.29) is 11.8 Å². The van der Waals surface area contributed by atoms with Crippen LogP contribution in [0, 0.1) is 6.92 Å². The van der Waals surface area contributed by atoms with Crippen molar-refractivity contribution in [3.05, 3.63) is 71.7 Å². The lowest BCUT2D eigenvalue weighted by Crippen LogP contribution is -2.50. The van der Waals surface area contributed by atoms with E-state index in [2.05, 4.69) is 4.98 Å². The van der Waals surface area contributed by atoms with Crippen LogP contribution in [0.5, 0.6) is 0 Å². The first-order valence-corrected chi connectivity index (χ1v) is 8.72. The molecule has 1 saturated heterocycles. The third-order valence-corrected chi connectivity index (χ3v) is 4.79. The molecule has 0 N–H and O–H groups in total. The Balaban J connectivity index is 1.44. The van der Waals surface area contributed by atoms with Crippen LogP contribution in [0.25, 0.3) is 5.65 Å². The Morgan fingerprint density at radius 2 is 1.50 bits per heavy atom. The molecule has 1 aromatic carbocycles. The summed E-state index contributed by atoms with van der Waals surface area (Å²) in [5, 5.41) is 0. The lowest BCUT2D eigenvalue weighted by molar-refractivity contribution is 0.0532. The molecule has 0 spiro atoms. The van der Waals surface area contributed by atoms with Crippen molar-refractivity contribution in [1.29, 1.82) is 0 Å². The average Bonchev–Trinajstić information content (AvgIpc) is 3.13. The molecule has 6 heteroatoms. The van der Waals surface area contributed by atoms with Gasteiger partial charge < -0.3 is 14.2 Å². The van der Waals surface area contributed by atoms with E-state index in [0.29, 0.717) is 37.4 Å². The van der Waals surface area contributed by atoms with Crippen molar-refractivity contribution in [1.82, 2.24) is 19.2 Å². The number of aromatic nitrogens is 2. The summed E-state index contributed by atoms with van der Waals surface area (Å²) >= 11 is 0. The Bertz CT molecular complexity index is 956. The van der Waals surface area contributed by atoms with Gasteiger partial charge in [0.25, 0.3) is 11.8 Å². The third kappa shape index (κ3) is 2.94. The Labute approximate surface area is 151 Å². The fourth-order valence-corrected chi connectivity index (χ4v) is 3.29. The van der Waals surface area contributed by atoms with E-state index >= 15 is 0 Å². The molecule has 1 aliphatic heterocycles. The summed E-state index contributed by atoms with van der Waals surface area (Å²) in [7, 11) is 0. The summed E-state index contributed by atoms with van der Waals surface area (Å²) in [5.74, 6) is -0.0686. The molecule has 0 atom stereocenters. The molecule has 1 aliphatic rings.